The Bertz CT molecular complexity index is 671. The van der Waals surface area contributed by atoms with Crippen LogP contribution in [0.5, 0.6) is 0 Å². The molecule has 0 spiro atoms. The van der Waals surface area contributed by atoms with E-state index in [9.17, 15) is 24.6 Å². The summed E-state index contributed by atoms with van der Waals surface area (Å²) in [5.74, 6) is -1.83. The van der Waals surface area contributed by atoms with Gasteiger partial charge >= 0.3 is 12.1 Å². The summed E-state index contributed by atoms with van der Waals surface area (Å²) in [6.07, 6.45) is 2.09. The van der Waals surface area contributed by atoms with Gasteiger partial charge in [-0.1, -0.05) is 12.7 Å². The van der Waals surface area contributed by atoms with Gasteiger partial charge in [0.05, 0.1) is 18.1 Å². The fourth-order valence-electron chi connectivity index (χ4n) is 4.28. The molecule has 1 unspecified atom stereocenters. The van der Waals surface area contributed by atoms with E-state index in [1.165, 1.54) is 11.0 Å². The standard InChI is InChI=1S/C18H24N2O6/c1-3-6-26-18(25)19-5-4-11(9-19)7-12-8-13-14(10(2)21)16(22)20(13)15(12)17(23)24/h3,10-11,13-14,21H,1,4-9H2,2H3,(H,23,24)/t10-,11?,13-,14-/m1/s1. The third-order valence-corrected chi connectivity index (χ3v) is 5.43. The van der Waals surface area contributed by atoms with Crippen LogP contribution in [0.15, 0.2) is 23.9 Å². The van der Waals surface area contributed by atoms with E-state index in [4.69, 9.17) is 4.74 Å². The SMILES string of the molecule is C=CCOC(=O)N1CCC(CC2=C(C(=O)O)N3C(=O)[C@H]([C@@H](C)O)[C@H]3C2)C1. The monoisotopic (exact) mass is 364 g/mol. The zero-order valence-electron chi connectivity index (χ0n) is 14.8. The number of carboxylic acids is 1. The molecule has 0 aromatic heterocycles. The van der Waals surface area contributed by atoms with Crippen LogP contribution in [-0.4, -0.2) is 69.8 Å². The number of aliphatic carboxylic acids is 1. The number of ether oxygens (including phenoxy) is 1. The zero-order chi connectivity index (χ0) is 19.0. The van der Waals surface area contributed by atoms with Gasteiger partial charge in [-0.25, -0.2) is 9.59 Å². The number of aliphatic hydroxyl groups is 1. The number of carbonyl (C=O) groups is 3. The minimum atomic E-state index is -1.11. The molecule has 0 saturated carbocycles. The van der Waals surface area contributed by atoms with Gasteiger partial charge < -0.3 is 24.7 Å². The van der Waals surface area contributed by atoms with Gasteiger partial charge in [-0.3, -0.25) is 4.79 Å². The molecule has 3 rings (SSSR count). The number of carbonyl (C=O) groups excluding carboxylic acids is 2. The van der Waals surface area contributed by atoms with E-state index in [0.29, 0.717) is 25.9 Å². The molecule has 0 aromatic carbocycles. The first kappa shape index (κ1) is 18.4. The molecular weight excluding hydrogens is 340 g/mol. The fraction of sp³-hybridized carbons (Fsp3) is 0.611. The quantitative estimate of drug-likeness (QED) is 0.537. The second-order valence-electron chi connectivity index (χ2n) is 7.17. The first-order valence-corrected chi connectivity index (χ1v) is 8.84. The highest BCUT2D eigenvalue weighted by Gasteiger charge is 2.56. The van der Waals surface area contributed by atoms with Crippen molar-refractivity contribution in [2.45, 2.75) is 38.3 Å². The molecule has 4 atom stereocenters. The van der Waals surface area contributed by atoms with Gasteiger partial charge in [0.25, 0.3) is 0 Å². The zero-order valence-corrected chi connectivity index (χ0v) is 14.8. The fourth-order valence-corrected chi connectivity index (χ4v) is 4.28. The first-order valence-electron chi connectivity index (χ1n) is 8.84. The van der Waals surface area contributed by atoms with E-state index in [1.54, 1.807) is 11.8 Å². The van der Waals surface area contributed by atoms with E-state index >= 15 is 0 Å². The number of hydrogen-bond donors (Lipinski definition) is 2. The molecule has 3 aliphatic rings. The summed E-state index contributed by atoms with van der Waals surface area (Å²) in [5, 5.41) is 19.3. The number of hydrogen-bond acceptors (Lipinski definition) is 5. The summed E-state index contributed by atoms with van der Waals surface area (Å²) in [4.78, 5) is 38.7. The third-order valence-electron chi connectivity index (χ3n) is 5.43. The van der Waals surface area contributed by atoms with Crippen molar-refractivity contribution >= 4 is 18.0 Å². The molecule has 8 nitrogen and oxygen atoms in total. The number of amides is 2. The Morgan fingerprint density at radius 1 is 1.46 bits per heavy atom. The average Bonchev–Trinajstić information content (AvgIpc) is 3.15. The number of carboxylic acid groups (broad SMARTS) is 1. The molecule has 26 heavy (non-hydrogen) atoms. The van der Waals surface area contributed by atoms with Crippen LogP contribution in [0.25, 0.3) is 0 Å². The third kappa shape index (κ3) is 3.09. The lowest BCUT2D eigenvalue weighted by Crippen LogP contribution is -2.61. The van der Waals surface area contributed by atoms with Gasteiger partial charge in [0.2, 0.25) is 5.91 Å². The van der Waals surface area contributed by atoms with Crippen LogP contribution < -0.4 is 0 Å². The van der Waals surface area contributed by atoms with Crippen molar-refractivity contribution in [1.82, 2.24) is 9.80 Å². The topological polar surface area (TPSA) is 107 Å². The van der Waals surface area contributed by atoms with E-state index < -0.39 is 18.0 Å². The van der Waals surface area contributed by atoms with Crippen molar-refractivity contribution in [2.75, 3.05) is 19.7 Å². The summed E-state index contributed by atoms with van der Waals surface area (Å²) in [6, 6.07) is -0.265. The Balaban J connectivity index is 1.66. The predicted molar refractivity (Wildman–Crippen MR) is 90.9 cm³/mol. The average molecular weight is 364 g/mol. The number of aliphatic hydroxyl groups excluding tert-OH is 1. The lowest BCUT2D eigenvalue weighted by atomic mass is 9.82. The number of fused-ring (bicyclic) bond motifs is 1. The molecular formula is C18H24N2O6. The number of β-lactam (4-membered cyclic amide) rings is 1. The van der Waals surface area contributed by atoms with E-state index in [2.05, 4.69) is 6.58 Å². The minimum Gasteiger partial charge on any atom is -0.477 e. The van der Waals surface area contributed by atoms with Crippen LogP contribution >= 0.6 is 0 Å². The Hall–Kier alpha value is -2.35. The Labute approximate surface area is 151 Å². The lowest BCUT2D eigenvalue weighted by molar-refractivity contribution is -0.161. The molecule has 0 bridgehead atoms. The maximum absolute atomic E-state index is 12.2. The van der Waals surface area contributed by atoms with Crippen molar-refractivity contribution in [3.63, 3.8) is 0 Å². The van der Waals surface area contributed by atoms with Gasteiger partial charge in [-0.15, -0.1) is 0 Å². The summed E-state index contributed by atoms with van der Waals surface area (Å²) < 4.78 is 5.03. The second-order valence-corrected chi connectivity index (χ2v) is 7.17. The highest BCUT2D eigenvalue weighted by atomic mass is 16.6. The van der Waals surface area contributed by atoms with Crippen LogP contribution in [0.3, 0.4) is 0 Å². The highest BCUT2D eigenvalue weighted by Crippen LogP contribution is 2.45. The van der Waals surface area contributed by atoms with Crippen LogP contribution in [0.4, 0.5) is 4.79 Å². The van der Waals surface area contributed by atoms with Gasteiger partial charge in [-0.05, 0) is 37.7 Å². The van der Waals surface area contributed by atoms with Crippen LogP contribution in [0.2, 0.25) is 0 Å². The molecule has 2 saturated heterocycles. The van der Waals surface area contributed by atoms with Crippen molar-refractivity contribution in [3.8, 4) is 0 Å². The van der Waals surface area contributed by atoms with Crippen molar-refractivity contribution in [1.29, 1.82) is 0 Å². The predicted octanol–water partition coefficient (Wildman–Crippen LogP) is 0.971. The number of likely N-dealkylation sites (tertiary alicyclic amines) is 1. The molecule has 2 fully saturated rings. The minimum absolute atomic E-state index is 0.0598. The highest BCUT2D eigenvalue weighted by molar-refractivity contribution is 5.99. The summed E-state index contributed by atoms with van der Waals surface area (Å²) >= 11 is 0. The van der Waals surface area contributed by atoms with Gasteiger partial charge in [0, 0.05) is 13.1 Å². The number of nitrogens with zero attached hydrogens (tertiary/aromatic N) is 2. The van der Waals surface area contributed by atoms with Crippen molar-refractivity contribution in [3.05, 3.63) is 23.9 Å². The van der Waals surface area contributed by atoms with E-state index in [1.807, 2.05) is 0 Å². The Morgan fingerprint density at radius 2 is 2.19 bits per heavy atom. The van der Waals surface area contributed by atoms with Crippen molar-refractivity contribution < 1.29 is 29.3 Å². The molecule has 2 N–H and O–H groups in total. The van der Waals surface area contributed by atoms with Crippen LogP contribution in [0, 0.1) is 11.8 Å². The normalized spacial score (nSPS) is 28.7. The molecule has 0 radical (unpaired) electrons. The first-order chi connectivity index (χ1) is 12.3. The largest absolute Gasteiger partial charge is 0.477 e. The van der Waals surface area contributed by atoms with Crippen molar-refractivity contribution in [2.24, 2.45) is 11.8 Å². The van der Waals surface area contributed by atoms with E-state index in [-0.39, 0.29) is 36.3 Å². The summed E-state index contributed by atoms with van der Waals surface area (Å²) in [6.45, 7) is 6.30. The van der Waals surface area contributed by atoms with E-state index in [0.717, 1.165) is 12.0 Å². The van der Waals surface area contributed by atoms with Crippen LogP contribution in [0.1, 0.15) is 26.2 Å². The Kier molecular flexibility index (Phi) is 5.04. The van der Waals surface area contributed by atoms with Crippen LogP contribution in [-0.2, 0) is 14.3 Å². The van der Waals surface area contributed by atoms with Gasteiger partial charge in [0.15, 0.2) is 0 Å². The summed E-state index contributed by atoms with van der Waals surface area (Å²) in [7, 11) is 0. The molecule has 3 heterocycles. The molecule has 3 aliphatic heterocycles. The molecule has 8 heteroatoms. The molecule has 2 amide bonds. The number of rotatable bonds is 6. The molecule has 0 aliphatic carbocycles. The summed E-state index contributed by atoms with van der Waals surface area (Å²) in [5.41, 5.74) is 0.787. The lowest BCUT2D eigenvalue weighted by Gasteiger charge is -2.44. The maximum Gasteiger partial charge on any atom is 0.410 e. The second kappa shape index (κ2) is 7.11. The maximum atomic E-state index is 12.2. The Morgan fingerprint density at radius 3 is 2.81 bits per heavy atom. The van der Waals surface area contributed by atoms with Gasteiger partial charge in [-0.2, -0.15) is 0 Å². The van der Waals surface area contributed by atoms with Gasteiger partial charge in [0.1, 0.15) is 12.3 Å². The molecule has 142 valence electrons. The smallest absolute Gasteiger partial charge is 0.410 e. The molecule has 0 aromatic rings.